The van der Waals surface area contributed by atoms with E-state index >= 15 is 0 Å². The fourth-order valence-corrected chi connectivity index (χ4v) is 7.31. The SMILES string of the molecule is CC(OCOc1cc(COC2CN(C(=O)O)CCC2c2ccc(OCCCC3(c4ccccc4)OCCO3)cc2)cc2ccccc12)[Si](C)(C)C. The summed E-state index contributed by atoms with van der Waals surface area (Å²) in [7, 11) is -1.46. The zero-order chi connectivity index (χ0) is 35.8. The molecule has 0 aromatic heterocycles. The molecule has 4 aromatic carbocycles. The number of hydrogen-bond donors (Lipinski definition) is 1. The standard InChI is InChI=1S/C41H51NO8Si/c1-30(51(2,3)4)47-29-48-38-26-31(25-33-11-8-9-14-36(33)38)28-46-39-27-42(40(43)44)21-19-37(39)32-15-17-35(18-16-32)45-22-10-20-41(49-23-24-50-41)34-12-6-5-7-13-34/h5-9,11-18,25-26,30,37,39H,10,19-24,27-29H2,1-4H3,(H,43,44). The Bertz CT molecular complexity index is 1720. The van der Waals surface area contributed by atoms with Crippen LogP contribution in [0.25, 0.3) is 10.8 Å². The second kappa shape index (κ2) is 16.6. The lowest BCUT2D eigenvalue weighted by atomic mass is 9.87. The van der Waals surface area contributed by atoms with Crippen molar-refractivity contribution in [2.75, 3.05) is 39.7 Å². The molecule has 0 bridgehead atoms. The first-order valence-corrected chi connectivity index (χ1v) is 21.6. The fourth-order valence-electron chi connectivity index (χ4n) is 6.74. The van der Waals surface area contributed by atoms with Gasteiger partial charge in [-0.15, -0.1) is 0 Å². The van der Waals surface area contributed by atoms with Crippen LogP contribution >= 0.6 is 0 Å². The highest BCUT2D eigenvalue weighted by atomic mass is 28.3. The number of ether oxygens (including phenoxy) is 6. The number of piperidine rings is 1. The van der Waals surface area contributed by atoms with Gasteiger partial charge in [0, 0.05) is 35.6 Å². The largest absolute Gasteiger partial charge is 0.494 e. The zero-order valence-corrected chi connectivity index (χ0v) is 31.2. The van der Waals surface area contributed by atoms with Gasteiger partial charge in [-0.05, 0) is 60.5 Å². The van der Waals surface area contributed by atoms with E-state index < -0.39 is 20.0 Å². The lowest BCUT2D eigenvalue weighted by molar-refractivity contribution is -0.172. The maximum atomic E-state index is 12.0. The van der Waals surface area contributed by atoms with Gasteiger partial charge in [0.1, 0.15) is 11.5 Å². The van der Waals surface area contributed by atoms with Gasteiger partial charge in [-0.3, -0.25) is 0 Å². The molecule has 0 aliphatic carbocycles. The third kappa shape index (κ3) is 9.30. The van der Waals surface area contributed by atoms with Crippen molar-refractivity contribution in [3.63, 3.8) is 0 Å². The van der Waals surface area contributed by atoms with Crippen LogP contribution in [0.4, 0.5) is 4.79 Å². The summed E-state index contributed by atoms with van der Waals surface area (Å²) in [5.74, 6) is 0.852. The zero-order valence-electron chi connectivity index (χ0n) is 30.2. The maximum Gasteiger partial charge on any atom is 0.407 e. The highest BCUT2D eigenvalue weighted by Gasteiger charge is 2.38. The van der Waals surface area contributed by atoms with Crippen LogP contribution in [0, 0.1) is 0 Å². The third-order valence-electron chi connectivity index (χ3n) is 10.1. The van der Waals surface area contributed by atoms with E-state index in [-0.39, 0.29) is 24.5 Å². The molecule has 4 aromatic rings. The van der Waals surface area contributed by atoms with Gasteiger partial charge in [-0.2, -0.15) is 0 Å². The van der Waals surface area contributed by atoms with Crippen molar-refractivity contribution in [2.24, 2.45) is 0 Å². The van der Waals surface area contributed by atoms with Gasteiger partial charge in [-0.25, -0.2) is 4.79 Å². The molecule has 3 unspecified atom stereocenters. The molecule has 272 valence electrons. The molecule has 1 N–H and O–H groups in total. The third-order valence-corrected chi connectivity index (χ3v) is 12.7. The Morgan fingerprint density at radius 3 is 2.41 bits per heavy atom. The molecule has 0 saturated carbocycles. The van der Waals surface area contributed by atoms with Gasteiger partial charge in [0.2, 0.25) is 0 Å². The van der Waals surface area contributed by atoms with E-state index in [0.717, 1.165) is 45.4 Å². The second-order valence-corrected chi connectivity index (χ2v) is 20.1. The number of amides is 1. The van der Waals surface area contributed by atoms with Crippen LogP contribution in [0.3, 0.4) is 0 Å². The highest BCUT2D eigenvalue weighted by Crippen LogP contribution is 2.37. The summed E-state index contributed by atoms with van der Waals surface area (Å²) in [5, 5.41) is 11.9. The molecule has 2 aliphatic rings. The van der Waals surface area contributed by atoms with E-state index in [4.69, 9.17) is 28.4 Å². The number of benzene rings is 4. The van der Waals surface area contributed by atoms with E-state index in [1.165, 1.54) is 4.90 Å². The molecule has 0 spiro atoms. The number of fused-ring (bicyclic) bond motifs is 1. The quantitative estimate of drug-likeness (QED) is 0.0744. The normalized spacial score (nSPS) is 19.6. The average molecular weight is 714 g/mol. The van der Waals surface area contributed by atoms with Gasteiger partial charge < -0.3 is 38.4 Å². The number of carbonyl (C=O) groups is 1. The molecular weight excluding hydrogens is 663 g/mol. The Kier molecular flexibility index (Phi) is 12.0. The van der Waals surface area contributed by atoms with Crippen molar-refractivity contribution in [3.8, 4) is 11.5 Å². The van der Waals surface area contributed by atoms with Crippen molar-refractivity contribution < 1.29 is 38.3 Å². The molecular formula is C41H51NO8Si. The summed E-state index contributed by atoms with van der Waals surface area (Å²) in [5.41, 5.74) is 3.25. The van der Waals surface area contributed by atoms with Crippen molar-refractivity contribution in [3.05, 3.63) is 108 Å². The molecule has 1 amide bonds. The molecule has 6 rings (SSSR count). The lowest BCUT2D eigenvalue weighted by Gasteiger charge is -2.37. The summed E-state index contributed by atoms with van der Waals surface area (Å²) in [6.07, 6.45) is 0.886. The number of carboxylic acid groups (broad SMARTS) is 1. The molecule has 3 atom stereocenters. The Morgan fingerprint density at radius 1 is 0.961 bits per heavy atom. The lowest BCUT2D eigenvalue weighted by Crippen LogP contribution is -2.46. The molecule has 2 saturated heterocycles. The van der Waals surface area contributed by atoms with E-state index in [2.05, 4.69) is 50.8 Å². The summed E-state index contributed by atoms with van der Waals surface area (Å²) in [4.78, 5) is 13.4. The van der Waals surface area contributed by atoms with Crippen LogP contribution < -0.4 is 9.47 Å². The van der Waals surface area contributed by atoms with E-state index in [0.29, 0.717) is 52.4 Å². The predicted molar refractivity (Wildman–Crippen MR) is 200 cm³/mol. The summed E-state index contributed by atoms with van der Waals surface area (Å²) >= 11 is 0. The van der Waals surface area contributed by atoms with Crippen LogP contribution in [0.2, 0.25) is 19.6 Å². The predicted octanol–water partition coefficient (Wildman–Crippen LogP) is 8.57. The van der Waals surface area contributed by atoms with Crippen LogP contribution in [0.1, 0.15) is 48.8 Å². The topological polar surface area (TPSA) is 95.9 Å². The number of hydrogen-bond acceptors (Lipinski definition) is 7. The molecule has 2 aliphatic heterocycles. The molecule has 0 radical (unpaired) electrons. The van der Waals surface area contributed by atoms with Crippen LogP contribution in [0.5, 0.6) is 11.5 Å². The maximum absolute atomic E-state index is 12.0. The molecule has 10 heteroatoms. The average Bonchev–Trinajstić information content (AvgIpc) is 3.63. The number of likely N-dealkylation sites (tertiary alicyclic amines) is 1. The van der Waals surface area contributed by atoms with Crippen LogP contribution in [-0.2, 0) is 31.3 Å². The van der Waals surface area contributed by atoms with Gasteiger partial charge in [0.25, 0.3) is 0 Å². The number of nitrogens with zero attached hydrogens (tertiary/aromatic N) is 1. The molecule has 9 nitrogen and oxygen atoms in total. The minimum Gasteiger partial charge on any atom is -0.494 e. The Morgan fingerprint density at radius 2 is 1.69 bits per heavy atom. The minimum absolute atomic E-state index is 0.0321. The second-order valence-electron chi connectivity index (χ2n) is 14.6. The Hall–Kier alpha value is -3.93. The first-order valence-electron chi connectivity index (χ1n) is 18.0. The summed E-state index contributed by atoms with van der Waals surface area (Å²) < 4.78 is 37.1. The van der Waals surface area contributed by atoms with Gasteiger partial charge in [-0.1, -0.05) is 86.4 Å². The first-order chi connectivity index (χ1) is 24.6. The van der Waals surface area contributed by atoms with Gasteiger partial charge in [0.15, 0.2) is 12.6 Å². The van der Waals surface area contributed by atoms with Crippen LogP contribution in [0.15, 0.2) is 91.0 Å². The minimum atomic E-state index is -1.46. The molecule has 2 fully saturated rings. The Balaban J connectivity index is 1.09. The van der Waals surface area contributed by atoms with E-state index in [1.807, 2.05) is 66.7 Å². The smallest absolute Gasteiger partial charge is 0.407 e. The van der Waals surface area contributed by atoms with E-state index in [1.54, 1.807) is 0 Å². The van der Waals surface area contributed by atoms with Gasteiger partial charge in [0.05, 0.1) is 47.2 Å². The fraction of sp³-hybridized carbons (Fsp3) is 0.439. The first kappa shape index (κ1) is 36.8. The highest BCUT2D eigenvalue weighted by molar-refractivity contribution is 6.77. The van der Waals surface area contributed by atoms with Crippen molar-refractivity contribution >= 4 is 24.9 Å². The van der Waals surface area contributed by atoms with Crippen molar-refractivity contribution in [2.45, 2.75) is 76.0 Å². The monoisotopic (exact) mass is 713 g/mol. The molecule has 2 heterocycles. The van der Waals surface area contributed by atoms with Crippen LogP contribution in [-0.4, -0.2) is 75.7 Å². The van der Waals surface area contributed by atoms with E-state index in [9.17, 15) is 9.90 Å². The molecule has 51 heavy (non-hydrogen) atoms. The number of rotatable bonds is 15. The van der Waals surface area contributed by atoms with Crippen molar-refractivity contribution in [1.29, 1.82) is 0 Å². The summed E-state index contributed by atoms with van der Waals surface area (Å²) in [6, 6.07) is 30.5. The van der Waals surface area contributed by atoms with Gasteiger partial charge >= 0.3 is 6.09 Å². The van der Waals surface area contributed by atoms with Crippen molar-refractivity contribution in [1.82, 2.24) is 4.90 Å². The Labute approximate surface area is 302 Å². The summed E-state index contributed by atoms with van der Waals surface area (Å²) in [6.45, 7) is 11.9.